The van der Waals surface area contributed by atoms with Crippen LogP contribution < -0.4 is 5.32 Å². The molecular weight excluding hydrogens is 294 g/mol. The molecule has 1 fully saturated rings. The van der Waals surface area contributed by atoms with Gasteiger partial charge in [-0.3, -0.25) is 9.88 Å². The van der Waals surface area contributed by atoms with E-state index in [9.17, 15) is 0 Å². The maximum atomic E-state index is 4.27. The van der Waals surface area contributed by atoms with Crippen molar-refractivity contribution in [2.24, 2.45) is 0 Å². The van der Waals surface area contributed by atoms with Gasteiger partial charge in [0.1, 0.15) is 0 Å². The number of rotatable bonds is 3. The van der Waals surface area contributed by atoms with Gasteiger partial charge in [0, 0.05) is 44.6 Å². The number of hydrogen-bond acceptors (Lipinski definition) is 3. The third-order valence-electron chi connectivity index (χ3n) is 4.38. The Labute approximate surface area is 139 Å². The van der Waals surface area contributed by atoms with E-state index in [2.05, 4.69) is 53.3 Å². The van der Waals surface area contributed by atoms with Crippen LogP contribution in [0, 0.1) is 13.8 Å². The summed E-state index contributed by atoms with van der Waals surface area (Å²) in [4.78, 5) is 6.83. The minimum Gasteiger partial charge on any atom is -0.314 e. The lowest BCUT2D eigenvalue weighted by Crippen LogP contribution is -2.45. The molecule has 3 nitrogen and oxygen atoms in total. The van der Waals surface area contributed by atoms with Crippen LogP contribution in [0.25, 0.3) is 0 Å². The molecule has 0 saturated carbocycles. The number of halogens is 1. The van der Waals surface area contributed by atoms with Crippen LogP contribution in [-0.4, -0.2) is 29.5 Å². The second kappa shape index (κ2) is 7.73. The number of nitrogens with zero attached hydrogens (tertiary/aromatic N) is 2. The van der Waals surface area contributed by atoms with Crippen molar-refractivity contribution in [1.29, 1.82) is 0 Å². The summed E-state index contributed by atoms with van der Waals surface area (Å²) in [5.41, 5.74) is 5.44. The third kappa shape index (κ3) is 3.86. The molecule has 1 saturated heterocycles. The SMILES string of the molecule is Cc1ccc(CN2CCNCC2c2cccnc2)cc1C.Cl. The van der Waals surface area contributed by atoms with Crippen molar-refractivity contribution in [1.82, 2.24) is 15.2 Å². The van der Waals surface area contributed by atoms with E-state index in [0.717, 1.165) is 26.2 Å². The van der Waals surface area contributed by atoms with E-state index in [-0.39, 0.29) is 12.4 Å². The maximum absolute atomic E-state index is 4.27. The van der Waals surface area contributed by atoms with E-state index in [4.69, 9.17) is 0 Å². The Morgan fingerprint density at radius 3 is 2.82 bits per heavy atom. The number of benzene rings is 1. The molecule has 0 radical (unpaired) electrons. The average molecular weight is 318 g/mol. The van der Waals surface area contributed by atoms with Crippen LogP contribution in [0.5, 0.6) is 0 Å². The smallest absolute Gasteiger partial charge is 0.0491 e. The minimum absolute atomic E-state index is 0. The highest BCUT2D eigenvalue weighted by atomic mass is 35.5. The van der Waals surface area contributed by atoms with Gasteiger partial charge in [0.25, 0.3) is 0 Å². The topological polar surface area (TPSA) is 28.2 Å². The number of hydrogen-bond donors (Lipinski definition) is 1. The van der Waals surface area contributed by atoms with Gasteiger partial charge in [0.15, 0.2) is 0 Å². The summed E-state index contributed by atoms with van der Waals surface area (Å²) in [7, 11) is 0. The fourth-order valence-corrected chi connectivity index (χ4v) is 2.97. The van der Waals surface area contributed by atoms with E-state index in [1.807, 2.05) is 18.5 Å². The zero-order chi connectivity index (χ0) is 14.7. The van der Waals surface area contributed by atoms with Crippen molar-refractivity contribution in [2.45, 2.75) is 26.4 Å². The molecule has 1 atom stereocenters. The van der Waals surface area contributed by atoms with Gasteiger partial charge in [-0.1, -0.05) is 24.3 Å². The second-order valence-corrected chi connectivity index (χ2v) is 5.90. The Morgan fingerprint density at radius 2 is 2.09 bits per heavy atom. The van der Waals surface area contributed by atoms with Gasteiger partial charge in [-0.15, -0.1) is 12.4 Å². The highest BCUT2D eigenvalue weighted by Crippen LogP contribution is 2.24. The minimum atomic E-state index is 0. The van der Waals surface area contributed by atoms with Gasteiger partial charge < -0.3 is 5.32 Å². The predicted octanol–water partition coefficient (Wildman–Crippen LogP) is 3.27. The van der Waals surface area contributed by atoms with E-state index in [1.54, 1.807) is 0 Å². The first-order chi connectivity index (χ1) is 10.2. The summed E-state index contributed by atoms with van der Waals surface area (Å²) in [6.45, 7) is 8.49. The summed E-state index contributed by atoms with van der Waals surface area (Å²) in [5, 5.41) is 3.50. The molecule has 4 heteroatoms. The zero-order valence-electron chi connectivity index (χ0n) is 13.2. The van der Waals surface area contributed by atoms with Crippen molar-refractivity contribution >= 4 is 12.4 Å². The van der Waals surface area contributed by atoms with Gasteiger partial charge >= 0.3 is 0 Å². The molecule has 0 bridgehead atoms. The number of aryl methyl sites for hydroxylation is 2. The van der Waals surface area contributed by atoms with Crippen LogP contribution in [0.4, 0.5) is 0 Å². The highest BCUT2D eigenvalue weighted by molar-refractivity contribution is 5.85. The highest BCUT2D eigenvalue weighted by Gasteiger charge is 2.23. The van der Waals surface area contributed by atoms with Gasteiger partial charge in [0.05, 0.1) is 0 Å². The summed E-state index contributed by atoms with van der Waals surface area (Å²) >= 11 is 0. The number of nitrogens with one attached hydrogen (secondary N) is 1. The van der Waals surface area contributed by atoms with Crippen molar-refractivity contribution in [3.63, 3.8) is 0 Å². The van der Waals surface area contributed by atoms with Crippen molar-refractivity contribution in [3.05, 3.63) is 65.0 Å². The molecule has 2 aromatic rings. The first-order valence-corrected chi connectivity index (χ1v) is 7.65. The van der Waals surface area contributed by atoms with E-state index in [0.29, 0.717) is 6.04 Å². The van der Waals surface area contributed by atoms with E-state index >= 15 is 0 Å². The predicted molar refractivity (Wildman–Crippen MR) is 93.4 cm³/mol. The largest absolute Gasteiger partial charge is 0.314 e. The molecule has 0 amide bonds. The molecule has 1 unspecified atom stereocenters. The lowest BCUT2D eigenvalue weighted by Gasteiger charge is -2.36. The number of pyridine rings is 1. The molecule has 2 heterocycles. The Morgan fingerprint density at radius 1 is 1.23 bits per heavy atom. The Hall–Kier alpha value is -1.42. The van der Waals surface area contributed by atoms with E-state index in [1.165, 1.54) is 22.3 Å². The normalized spacial score (nSPS) is 18.7. The summed E-state index contributed by atoms with van der Waals surface area (Å²) in [5.74, 6) is 0. The molecule has 1 aromatic carbocycles. The van der Waals surface area contributed by atoms with Crippen molar-refractivity contribution in [2.75, 3.05) is 19.6 Å². The van der Waals surface area contributed by atoms with Gasteiger partial charge in [0.2, 0.25) is 0 Å². The number of aromatic nitrogens is 1. The number of piperazine rings is 1. The molecule has 3 rings (SSSR count). The first kappa shape index (κ1) is 16.9. The Balaban J connectivity index is 0.00000176. The van der Waals surface area contributed by atoms with Crippen molar-refractivity contribution in [3.8, 4) is 0 Å². The van der Waals surface area contributed by atoms with Crippen LogP contribution in [0.3, 0.4) is 0 Å². The molecule has 22 heavy (non-hydrogen) atoms. The van der Waals surface area contributed by atoms with Crippen LogP contribution in [0.2, 0.25) is 0 Å². The van der Waals surface area contributed by atoms with Gasteiger partial charge in [-0.25, -0.2) is 0 Å². The summed E-state index contributed by atoms with van der Waals surface area (Å²) in [6.07, 6.45) is 3.83. The lowest BCUT2D eigenvalue weighted by atomic mass is 10.0. The molecule has 0 aliphatic carbocycles. The first-order valence-electron chi connectivity index (χ1n) is 7.65. The Kier molecular flexibility index (Phi) is 5.95. The molecule has 118 valence electrons. The summed E-state index contributed by atoms with van der Waals surface area (Å²) in [6, 6.07) is 11.4. The molecule has 1 N–H and O–H groups in total. The molecule has 1 aliphatic heterocycles. The monoisotopic (exact) mass is 317 g/mol. The van der Waals surface area contributed by atoms with Gasteiger partial charge in [-0.05, 0) is 42.2 Å². The molecule has 0 spiro atoms. The quantitative estimate of drug-likeness (QED) is 0.941. The fourth-order valence-electron chi connectivity index (χ4n) is 2.97. The van der Waals surface area contributed by atoms with Crippen molar-refractivity contribution < 1.29 is 0 Å². The molecule has 1 aliphatic rings. The zero-order valence-corrected chi connectivity index (χ0v) is 14.1. The lowest BCUT2D eigenvalue weighted by molar-refractivity contribution is 0.153. The molecular formula is C18H24ClN3. The third-order valence-corrected chi connectivity index (χ3v) is 4.38. The standard InChI is InChI=1S/C18H23N3.ClH/c1-14-5-6-16(10-15(14)2)13-21-9-8-20-12-18(21)17-4-3-7-19-11-17;/h3-7,10-11,18,20H,8-9,12-13H2,1-2H3;1H. The average Bonchev–Trinajstić information content (AvgIpc) is 2.52. The Bertz CT molecular complexity index is 601. The van der Waals surface area contributed by atoms with Gasteiger partial charge in [-0.2, -0.15) is 0 Å². The second-order valence-electron chi connectivity index (χ2n) is 5.90. The molecule has 1 aromatic heterocycles. The van der Waals surface area contributed by atoms with E-state index < -0.39 is 0 Å². The van der Waals surface area contributed by atoms with Crippen LogP contribution >= 0.6 is 12.4 Å². The maximum Gasteiger partial charge on any atom is 0.0491 e. The summed E-state index contributed by atoms with van der Waals surface area (Å²) < 4.78 is 0. The van der Waals surface area contributed by atoms with Crippen LogP contribution in [0.15, 0.2) is 42.7 Å². The van der Waals surface area contributed by atoms with Crippen LogP contribution in [-0.2, 0) is 6.54 Å². The van der Waals surface area contributed by atoms with Crippen LogP contribution in [0.1, 0.15) is 28.3 Å². The fraction of sp³-hybridized carbons (Fsp3) is 0.389.